The van der Waals surface area contributed by atoms with E-state index in [9.17, 15) is 14.4 Å². The zero-order valence-electron chi connectivity index (χ0n) is 44.5. The molecule has 0 bridgehead atoms. The first-order chi connectivity index (χ1) is 34.0. The Morgan fingerprint density at radius 2 is 0.594 bits per heavy atom. The highest BCUT2D eigenvalue weighted by atomic mass is 16.6. The molecule has 0 aliphatic carbocycles. The fourth-order valence-electron chi connectivity index (χ4n) is 7.34. The Kier molecular flexibility index (Phi) is 53.0. The van der Waals surface area contributed by atoms with Gasteiger partial charge in [0.15, 0.2) is 6.10 Å². The first kappa shape index (κ1) is 64.8. The summed E-state index contributed by atoms with van der Waals surface area (Å²) in [6.07, 6.45) is 77.8. The highest BCUT2D eigenvalue weighted by Gasteiger charge is 2.19. The Hall–Kier alpha value is -4.19. The number of rotatable bonds is 49. The van der Waals surface area contributed by atoms with Gasteiger partial charge in [-0.25, -0.2) is 0 Å². The standard InChI is InChI=1S/C63H102O6/c1-4-7-10-13-16-19-22-25-26-27-28-29-30-31-32-33-34-35-36-39-41-44-47-50-53-56-62(65)68-59-60(69-63(66)57-54-51-48-45-42-38-24-21-18-15-12-9-6-3)58-67-61(64)55-52-49-46-43-40-37-23-20-17-14-11-8-5-2/h7,9-10,12,16,18-19,21,25-26,28-29,31-32,34-35,38,42,48,51,60H,4-6,8,11,13-15,17,20,22-24,27,30,33,36-37,39-41,43-47,49-50,52-59H2,1-3H3/b10-7-,12-9-,19-16-,21-18-,26-25-,29-28-,32-31-,35-34-,42-38-,51-48-. The lowest BCUT2D eigenvalue weighted by atomic mass is 10.0. The molecule has 0 aromatic heterocycles. The minimum atomic E-state index is -0.823. The smallest absolute Gasteiger partial charge is 0.306 e. The summed E-state index contributed by atoms with van der Waals surface area (Å²) in [6.45, 7) is 6.33. The van der Waals surface area contributed by atoms with Crippen LogP contribution in [-0.4, -0.2) is 37.2 Å². The maximum atomic E-state index is 12.8. The second kappa shape index (κ2) is 56.4. The quantitative estimate of drug-likeness (QED) is 0.0262. The summed E-state index contributed by atoms with van der Waals surface area (Å²) in [4.78, 5) is 38.0. The summed E-state index contributed by atoms with van der Waals surface area (Å²) in [5.74, 6) is -1.01. The summed E-state index contributed by atoms with van der Waals surface area (Å²) >= 11 is 0. The van der Waals surface area contributed by atoms with Crippen molar-refractivity contribution in [2.45, 2.75) is 245 Å². The van der Waals surface area contributed by atoms with Crippen LogP contribution in [0.1, 0.15) is 239 Å². The lowest BCUT2D eigenvalue weighted by Crippen LogP contribution is -2.30. The molecule has 0 rings (SSSR count). The first-order valence-electron chi connectivity index (χ1n) is 28.0. The molecule has 0 spiro atoms. The second-order valence-electron chi connectivity index (χ2n) is 18.1. The van der Waals surface area contributed by atoms with Crippen molar-refractivity contribution in [1.29, 1.82) is 0 Å². The van der Waals surface area contributed by atoms with Gasteiger partial charge in [-0.15, -0.1) is 0 Å². The maximum Gasteiger partial charge on any atom is 0.306 e. The van der Waals surface area contributed by atoms with Crippen LogP contribution in [0, 0.1) is 0 Å². The van der Waals surface area contributed by atoms with Crippen LogP contribution >= 0.6 is 0 Å². The van der Waals surface area contributed by atoms with E-state index in [1.165, 1.54) is 77.0 Å². The van der Waals surface area contributed by atoms with Crippen molar-refractivity contribution in [2.24, 2.45) is 0 Å². The zero-order valence-corrected chi connectivity index (χ0v) is 44.5. The molecule has 6 heteroatoms. The van der Waals surface area contributed by atoms with Crippen LogP contribution in [-0.2, 0) is 28.6 Å². The van der Waals surface area contributed by atoms with Crippen LogP contribution in [0.15, 0.2) is 122 Å². The molecule has 0 aromatic carbocycles. The molecule has 0 N–H and O–H groups in total. The predicted octanol–water partition coefficient (Wildman–Crippen LogP) is 18.9. The minimum Gasteiger partial charge on any atom is -0.462 e. The van der Waals surface area contributed by atoms with Crippen molar-refractivity contribution < 1.29 is 28.6 Å². The van der Waals surface area contributed by atoms with E-state index in [1.807, 2.05) is 12.2 Å². The molecule has 0 saturated heterocycles. The molecule has 6 nitrogen and oxygen atoms in total. The molecule has 0 fully saturated rings. The van der Waals surface area contributed by atoms with E-state index < -0.39 is 12.1 Å². The van der Waals surface area contributed by atoms with Crippen molar-refractivity contribution in [3.63, 3.8) is 0 Å². The van der Waals surface area contributed by atoms with Crippen molar-refractivity contribution in [2.75, 3.05) is 13.2 Å². The number of ether oxygens (including phenoxy) is 3. The van der Waals surface area contributed by atoms with E-state index in [4.69, 9.17) is 14.2 Å². The van der Waals surface area contributed by atoms with E-state index in [1.54, 1.807) is 0 Å². The normalized spacial score (nSPS) is 13.0. The second-order valence-corrected chi connectivity index (χ2v) is 18.1. The van der Waals surface area contributed by atoms with Gasteiger partial charge in [0.25, 0.3) is 0 Å². The van der Waals surface area contributed by atoms with Crippen LogP contribution in [0.3, 0.4) is 0 Å². The third kappa shape index (κ3) is 54.6. The van der Waals surface area contributed by atoms with E-state index in [2.05, 4.69) is 130 Å². The third-order valence-electron chi connectivity index (χ3n) is 11.5. The molecule has 1 unspecified atom stereocenters. The van der Waals surface area contributed by atoms with Gasteiger partial charge in [-0.3, -0.25) is 14.4 Å². The van der Waals surface area contributed by atoms with Gasteiger partial charge in [0.05, 0.1) is 0 Å². The van der Waals surface area contributed by atoms with Crippen LogP contribution in [0.5, 0.6) is 0 Å². The van der Waals surface area contributed by atoms with E-state index in [0.717, 1.165) is 116 Å². The number of carbonyl (C=O) groups excluding carboxylic acids is 3. The van der Waals surface area contributed by atoms with Gasteiger partial charge < -0.3 is 14.2 Å². The van der Waals surface area contributed by atoms with Crippen LogP contribution < -0.4 is 0 Å². The number of unbranched alkanes of at least 4 members (excludes halogenated alkanes) is 18. The predicted molar refractivity (Wildman–Crippen MR) is 297 cm³/mol. The molecule has 0 amide bonds. The lowest BCUT2D eigenvalue weighted by molar-refractivity contribution is -0.166. The van der Waals surface area contributed by atoms with Gasteiger partial charge in [-0.1, -0.05) is 245 Å². The maximum absolute atomic E-state index is 12.8. The average Bonchev–Trinajstić information content (AvgIpc) is 3.35. The van der Waals surface area contributed by atoms with Crippen molar-refractivity contribution in [3.8, 4) is 0 Å². The molecule has 0 aromatic rings. The van der Waals surface area contributed by atoms with Crippen molar-refractivity contribution in [1.82, 2.24) is 0 Å². The Balaban J connectivity index is 4.41. The highest BCUT2D eigenvalue weighted by Crippen LogP contribution is 2.14. The van der Waals surface area contributed by atoms with Crippen molar-refractivity contribution in [3.05, 3.63) is 122 Å². The largest absolute Gasteiger partial charge is 0.462 e. The Bertz CT molecular complexity index is 1470. The molecule has 0 aliphatic rings. The number of esters is 3. The molecule has 0 heterocycles. The lowest BCUT2D eigenvalue weighted by Gasteiger charge is -2.18. The van der Waals surface area contributed by atoms with Gasteiger partial charge in [-0.05, 0) is 96.3 Å². The van der Waals surface area contributed by atoms with Gasteiger partial charge in [0, 0.05) is 19.3 Å². The monoisotopic (exact) mass is 955 g/mol. The first-order valence-corrected chi connectivity index (χ1v) is 28.0. The van der Waals surface area contributed by atoms with Crippen molar-refractivity contribution >= 4 is 17.9 Å². The number of hydrogen-bond donors (Lipinski definition) is 0. The average molecular weight is 956 g/mol. The van der Waals surface area contributed by atoms with E-state index >= 15 is 0 Å². The van der Waals surface area contributed by atoms with Gasteiger partial charge in [-0.2, -0.15) is 0 Å². The molecular weight excluding hydrogens is 853 g/mol. The molecule has 69 heavy (non-hydrogen) atoms. The van der Waals surface area contributed by atoms with E-state index in [-0.39, 0.29) is 31.6 Å². The summed E-state index contributed by atoms with van der Waals surface area (Å²) in [5.41, 5.74) is 0. The molecule has 390 valence electrons. The zero-order chi connectivity index (χ0) is 50.0. The summed E-state index contributed by atoms with van der Waals surface area (Å²) in [5, 5.41) is 0. The van der Waals surface area contributed by atoms with E-state index in [0.29, 0.717) is 19.3 Å². The van der Waals surface area contributed by atoms with Crippen LogP contribution in [0.25, 0.3) is 0 Å². The molecule has 0 saturated carbocycles. The molecule has 1 atom stereocenters. The van der Waals surface area contributed by atoms with Gasteiger partial charge >= 0.3 is 17.9 Å². The SMILES string of the molecule is CC/C=C\C/C=C\C/C=C\C/C=C\C/C=C\C/C=C\CCCCCCCCC(=O)OCC(COC(=O)CCCCCCCCCCCCCCC)OC(=O)CC/C=C\C/C=C\C/C=C\C/C=C\CC. The van der Waals surface area contributed by atoms with Crippen LogP contribution in [0.4, 0.5) is 0 Å². The summed E-state index contributed by atoms with van der Waals surface area (Å²) in [6, 6.07) is 0. The number of allylic oxidation sites excluding steroid dienone is 20. The van der Waals surface area contributed by atoms with Crippen LogP contribution in [0.2, 0.25) is 0 Å². The topological polar surface area (TPSA) is 78.9 Å². The number of carbonyl (C=O) groups is 3. The third-order valence-corrected chi connectivity index (χ3v) is 11.5. The Labute approximate surface area is 424 Å². The highest BCUT2D eigenvalue weighted by molar-refractivity contribution is 5.71. The molecule has 0 aliphatic heterocycles. The summed E-state index contributed by atoms with van der Waals surface area (Å²) in [7, 11) is 0. The Morgan fingerprint density at radius 1 is 0.304 bits per heavy atom. The van der Waals surface area contributed by atoms with Gasteiger partial charge in [0.2, 0.25) is 0 Å². The molecular formula is C63H102O6. The number of hydrogen-bond acceptors (Lipinski definition) is 6. The summed E-state index contributed by atoms with van der Waals surface area (Å²) < 4.78 is 16.7. The Morgan fingerprint density at radius 3 is 0.942 bits per heavy atom. The van der Waals surface area contributed by atoms with Gasteiger partial charge in [0.1, 0.15) is 13.2 Å². The fourth-order valence-corrected chi connectivity index (χ4v) is 7.34. The molecule has 0 radical (unpaired) electrons. The minimum absolute atomic E-state index is 0.112. The fraction of sp³-hybridized carbons (Fsp3) is 0.635.